The number of carbonyl (C=O) groups is 1. The van der Waals surface area contributed by atoms with Gasteiger partial charge >= 0.3 is 0 Å². The number of halogens is 1. The molecule has 1 amide bonds. The average molecular weight is 333 g/mol. The van der Waals surface area contributed by atoms with E-state index in [0.29, 0.717) is 27.8 Å². The van der Waals surface area contributed by atoms with Crippen molar-refractivity contribution in [2.45, 2.75) is 6.92 Å². The van der Waals surface area contributed by atoms with E-state index in [1.165, 1.54) is 14.2 Å². The summed E-state index contributed by atoms with van der Waals surface area (Å²) in [5.74, 6) is 0.719. The van der Waals surface area contributed by atoms with Crippen LogP contribution in [-0.4, -0.2) is 25.8 Å². The molecule has 0 unspecified atom stereocenters. The van der Waals surface area contributed by atoms with E-state index >= 15 is 0 Å². The molecule has 0 aromatic heterocycles. The van der Waals surface area contributed by atoms with E-state index in [0.717, 1.165) is 5.56 Å². The quantitative estimate of drug-likeness (QED) is 0.673. The third kappa shape index (κ3) is 4.47. The summed E-state index contributed by atoms with van der Waals surface area (Å²) in [4.78, 5) is 12.2. The van der Waals surface area contributed by atoms with Gasteiger partial charge in [-0.15, -0.1) is 0 Å². The van der Waals surface area contributed by atoms with Gasteiger partial charge in [0.1, 0.15) is 11.5 Å². The van der Waals surface area contributed by atoms with E-state index in [-0.39, 0.29) is 5.91 Å². The summed E-state index contributed by atoms with van der Waals surface area (Å²) in [6.07, 6.45) is 0. The zero-order valence-electron chi connectivity index (χ0n) is 13.1. The van der Waals surface area contributed by atoms with Crippen molar-refractivity contribution in [3.63, 3.8) is 0 Å². The average Bonchev–Trinajstić information content (AvgIpc) is 2.59. The molecule has 2 rings (SSSR count). The second-order valence-corrected chi connectivity index (χ2v) is 5.18. The van der Waals surface area contributed by atoms with E-state index < -0.39 is 0 Å². The van der Waals surface area contributed by atoms with Crippen LogP contribution in [0.25, 0.3) is 0 Å². The molecule has 0 radical (unpaired) electrons. The fraction of sp³-hybridized carbons (Fsp3) is 0.176. The van der Waals surface area contributed by atoms with Crippen molar-refractivity contribution in [3.05, 3.63) is 58.6 Å². The number of hydrazone groups is 1. The molecule has 5 nitrogen and oxygen atoms in total. The van der Waals surface area contributed by atoms with E-state index in [1.54, 1.807) is 37.3 Å². The molecule has 0 aliphatic rings. The molecule has 0 fully saturated rings. The van der Waals surface area contributed by atoms with Crippen LogP contribution in [0.5, 0.6) is 11.5 Å². The number of ether oxygens (including phenoxy) is 2. The summed E-state index contributed by atoms with van der Waals surface area (Å²) in [6, 6.07) is 12.1. The molecular formula is C17H17ClN2O3. The Balaban J connectivity index is 2.15. The number of rotatable bonds is 5. The first-order valence-electron chi connectivity index (χ1n) is 6.87. The van der Waals surface area contributed by atoms with Gasteiger partial charge in [-0.1, -0.05) is 23.7 Å². The van der Waals surface area contributed by atoms with Crippen LogP contribution in [0.15, 0.2) is 47.6 Å². The van der Waals surface area contributed by atoms with Gasteiger partial charge in [-0.05, 0) is 36.8 Å². The number of methoxy groups -OCH3 is 2. The monoisotopic (exact) mass is 332 g/mol. The summed E-state index contributed by atoms with van der Waals surface area (Å²) < 4.78 is 10.3. The lowest BCUT2D eigenvalue weighted by Crippen LogP contribution is -2.19. The van der Waals surface area contributed by atoms with Crippen molar-refractivity contribution in [2.75, 3.05) is 14.2 Å². The topological polar surface area (TPSA) is 59.9 Å². The van der Waals surface area contributed by atoms with Crippen LogP contribution in [0.2, 0.25) is 5.02 Å². The first kappa shape index (κ1) is 16.8. The summed E-state index contributed by atoms with van der Waals surface area (Å²) in [7, 11) is 3.05. The molecule has 0 saturated heterocycles. The van der Waals surface area contributed by atoms with Crippen molar-refractivity contribution < 1.29 is 14.3 Å². The maximum atomic E-state index is 12.2. The molecule has 6 heteroatoms. The molecule has 1 N–H and O–H groups in total. The summed E-state index contributed by atoms with van der Waals surface area (Å²) >= 11 is 5.85. The minimum Gasteiger partial charge on any atom is -0.497 e. The Bertz CT molecular complexity index is 705. The second kappa shape index (κ2) is 7.65. The van der Waals surface area contributed by atoms with Crippen LogP contribution in [0.4, 0.5) is 0 Å². The van der Waals surface area contributed by atoms with Crippen molar-refractivity contribution in [2.24, 2.45) is 5.10 Å². The Morgan fingerprint density at radius 3 is 2.09 bits per heavy atom. The third-order valence-electron chi connectivity index (χ3n) is 3.20. The fourth-order valence-corrected chi connectivity index (χ4v) is 2.02. The molecule has 2 aromatic rings. The maximum Gasteiger partial charge on any atom is 0.271 e. The Labute approximate surface area is 139 Å². The number of hydrogen-bond donors (Lipinski definition) is 1. The van der Waals surface area contributed by atoms with Gasteiger partial charge in [0.25, 0.3) is 5.91 Å². The Morgan fingerprint density at radius 2 is 1.57 bits per heavy atom. The number of hydrogen-bond acceptors (Lipinski definition) is 4. The minimum atomic E-state index is -0.351. The van der Waals surface area contributed by atoms with Crippen LogP contribution in [-0.2, 0) is 0 Å². The minimum absolute atomic E-state index is 0.351. The molecule has 0 heterocycles. The van der Waals surface area contributed by atoms with Crippen molar-refractivity contribution in [3.8, 4) is 11.5 Å². The van der Waals surface area contributed by atoms with E-state index in [2.05, 4.69) is 10.5 Å². The van der Waals surface area contributed by atoms with E-state index in [9.17, 15) is 4.79 Å². The van der Waals surface area contributed by atoms with Gasteiger partial charge in [-0.25, -0.2) is 5.43 Å². The highest BCUT2D eigenvalue weighted by Crippen LogP contribution is 2.22. The SMILES string of the molecule is COc1cc(OC)cc(C(=O)N/N=C(\C)c2ccc(Cl)cc2)c1. The zero-order valence-corrected chi connectivity index (χ0v) is 13.8. The molecule has 0 saturated carbocycles. The normalized spacial score (nSPS) is 11.0. The Hall–Kier alpha value is -2.53. The highest BCUT2D eigenvalue weighted by atomic mass is 35.5. The van der Waals surface area contributed by atoms with E-state index in [4.69, 9.17) is 21.1 Å². The summed E-state index contributed by atoms with van der Waals surface area (Å²) in [5.41, 5.74) is 4.46. The number of nitrogens with one attached hydrogen (secondary N) is 1. The lowest BCUT2D eigenvalue weighted by atomic mass is 10.1. The zero-order chi connectivity index (χ0) is 16.8. The summed E-state index contributed by atoms with van der Waals surface area (Å²) in [5, 5.41) is 4.75. The number of benzene rings is 2. The molecule has 23 heavy (non-hydrogen) atoms. The molecular weight excluding hydrogens is 316 g/mol. The number of nitrogens with zero attached hydrogens (tertiary/aromatic N) is 1. The number of amides is 1. The molecule has 0 atom stereocenters. The van der Waals surface area contributed by atoms with Crippen LogP contribution >= 0.6 is 11.6 Å². The van der Waals surface area contributed by atoms with Crippen molar-refractivity contribution >= 4 is 23.2 Å². The standard InChI is InChI=1S/C17H17ClN2O3/c1-11(12-4-6-14(18)7-5-12)19-20-17(21)13-8-15(22-2)10-16(9-13)23-3/h4-10H,1-3H3,(H,20,21)/b19-11+. The lowest BCUT2D eigenvalue weighted by Gasteiger charge is -2.08. The predicted octanol–water partition coefficient (Wildman–Crippen LogP) is 3.51. The lowest BCUT2D eigenvalue weighted by molar-refractivity contribution is 0.0954. The second-order valence-electron chi connectivity index (χ2n) is 4.75. The third-order valence-corrected chi connectivity index (χ3v) is 3.45. The van der Waals surface area contributed by atoms with Crippen molar-refractivity contribution in [1.82, 2.24) is 5.43 Å². The summed E-state index contributed by atoms with van der Waals surface area (Å²) in [6.45, 7) is 1.80. The first-order chi connectivity index (χ1) is 11.0. The van der Waals surface area contributed by atoms with Gasteiger partial charge in [0, 0.05) is 16.7 Å². The van der Waals surface area contributed by atoms with Crippen LogP contribution in [0, 0.1) is 0 Å². The Kier molecular flexibility index (Phi) is 5.60. The van der Waals surface area contributed by atoms with Gasteiger partial charge < -0.3 is 9.47 Å². The van der Waals surface area contributed by atoms with Gasteiger partial charge in [0.15, 0.2) is 0 Å². The predicted molar refractivity (Wildman–Crippen MR) is 90.7 cm³/mol. The molecule has 0 bridgehead atoms. The molecule has 120 valence electrons. The smallest absolute Gasteiger partial charge is 0.271 e. The van der Waals surface area contributed by atoms with Crippen LogP contribution in [0.1, 0.15) is 22.8 Å². The van der Waals surface area contributed by atoms with Crippen LogP contribution < -0.4 is 14.9 Å². The molecule has 0 aliphatic carbocycles. The first-order valence-corrected chi connectivity index (χ1v) is 7.25. The maximum absolute atomic E-state index is 12.2. The molecule has 0 aliphatic heterocycles. The largest absolute Gasteiger partial charge is 0.497 e. The van der Waals surface area contributed by atoms with Gasteiger partial charge in [-0.3, -0.25) is 4.79 Å². The van der Waals surface area contributed by atoms with E-state index in [1.807, 2.05) is 12.1 Å². The Morgan fingerprint density at radius 1 is 1.00 bits per heavy atom. The van der Waals surface area contributed by atoms with Gasteiger partial charge in [-0.2, -0.15) is 5.10 Å². The molecule has 0 spiro atoms. The van der Waals surface area contributed by atoms with Crippen LogP contribution in [0.3, 0.4) is 0 Å². The van der Waals surface area contributed by atoms with Crippen molar-refractivity contribution in [1.29, 1.82) is 0 Å². The molecule has 2 aromatic carbocycles. The number of carbonyl (C=O) groups excluding carboxylic acids is 1. The van der Waals surface area contributed by atoms with Gasteiger partial charge in [0.05, 0.1) is 19.9 Å². The highest BCUT2D eigenvalue weighted by molar-refractivity contribution is 6.30. The highest BCUT2D eigenvalue weighted by Gasteiger charge is 2.09. The van der Waals surface area contributed by atoms with Gasteiger partial charge in [0.2, 0.25) is 0 Å². The fourth-order valence-electron chi connectivity index (χ4n) is 1.89.